The Hall–Kier alpha value is -3.25. The summed E-state index contributed by atoms with van der Waals surface area (Å²) in [6.07, 6.45) is 1.83. The second kappa shape index (κ2) is 8.47. The molecule has 2 heterocycles. The number of aryl methyl sites for hydroxylation is 3. The van der Waals surface area contributed by atoms with Gasteiger partial charge in [-0.1, -0.05) is 53.2 Å². The van der Waals surface area contributed by atoms with Gasteiger partial charge in [0.1, 0.15) is 0 Å². The third-order valence-corrected chi connectivity index (χ3v) is 6.04. The minimum absolute atomic E-state index is 0.182. The van der Waals surface area contributed by atoms with Gasteiger partial charge >= 0.3 is 0 Å². The number of rotatable bonds is 5. The molecule has 1 aliphatic rings. The molecule has 6 heteroatoms. The lowest BCUT2D eigenvalue weighted by molar-refractivity contribution is 0.399. The molecule has 0 saturated heterocycles. The predicted octanol–water partition coefficient (Wildman–Crippen LogP) is 5.51. The first-order valence-electron chi connectivity index (χ1n) is 10.3. The predicted molar refractivity (Wildman–Crippen MR) is 128 cm³/mol. The molecule has 0 spiro atoms. The van der Waals surface area contributed by atoms with E-state index < -0.39 is 0 Å². The van der Waals surface area contributed by atoms with Gasteiger partial charge in [0, 0.05) is 17.8 Å². The van der Waals surface area contributed by atoms with E-state index in [1.807, 2.05) is 43.0 Å². The number of nitrogens with zero attached hydrogens (tertiary/aromatic N) is 3. The molecule has 1 atom stereocenters. The summed E-state index contributed by atoms with van der Waals surface area (Å²) >= 11 is 5.67. The molecule has 0 radical (unpaired) electrons. The van der Waals surface area contributed by atoms with Crippen LogP contribution in [0.2, 0.25) is 0 Å². The van der Waals surface area contributed by atoms with Crippen molar-refractivity contribution in [1.29, 1.82) is 0 Å². The molecule has 1 N–H and O–H groups in total. The van der Waals surface area contributed by atoms with Gasteiger partial charge in [-0.15, -0.1) is 6.58 Å². The van der Waals surface area contributed by atoms with Crippen LogP contribution >= 0.6 is 12.2 Å². The van der Waals surface area contributed by atoms with E-state index in [0.29, 0.717) is 23.4 Å². The molecule has 3 aromatic rings. The van der Waals surface area contributed by atoms with Gasteiger partial charge in [0.05, 0.1) is 11.6 Å². The lowest BCUT2D eigenvalue weighted by Gasteiger charge is -2.37. The number of nitrogens with one attached hydrogen (secondary N) is 1. The van der Waals surface area contributed by atoms with Gasteiger partial charge in [-0.2, -0.15) is 4.98 Å². The van der Waals surface area contributed by atoms with Gasteiger partial charge in [0.25, 0.3) is 5.89 Å². The Bertz CT molecular complexity index is 1190. The SMILES string of the molecule is C=CCN1C(=S)NC(c2ccc(C)c(C)c2)C(c2nc(-c3cccc(C)c3)no2)=C1C. The van der Waals surface area contributed by atoms with Crippen molar-refractivity contribution in [2.45, 2.75) is 33.7 Å². The monoisotopic (exact) mass is 430 g/mol. The zero-order valence-electron chi connectivity index (χ0n) is 18.3. The molecular formula is C25H26N4OS. The number of aromatic nitrogens is 2. The third-order valence-electron chi connectivity index (χ3n) is 5.70. The fourth-order valence-corrected chi connectivity index (χ4v) is 4.17. The van der Waals surface area contributed by atoms with Gasteiger partial charge in [-0.25, -0.2) is 0 Å². The van der Waals surface area contributed by atoms with Crippen molar-refractivity contribution < 1.29 is 4.52 Å². The fourth-order valence-electron chi connectivity index (χ4n) is 3.84. The third kappa shape index (κ3) is 4.03. The first-order chi connectivity index (χ1) is 14.9. The van der Waals surface area contributed by atoms with E-state index in [-0.39, 0.29) is 6.04 Å². The van der Waals surface area contributed by atoms with Crippen molar-refractivity contribution in [3.8, 4) is 11.4 Å². The Morgan fingerprint density at radius 1 is 1.13 bits per heavy atom. The number of thiocarbonyl (C=S) groups is 1. The van der Waals surface area contributed by atoms with Gasteiger partial charge in [0.2, 0.25) is 5.82 Å². The number of hydrogen-bond donors (Lipinski definition) is 1. The maximum Gasteiger partial charge on any atom is 0.258 e. The summed E-state index contributed by atoms with van der Waals surface area (Å²) in [7, 11) is 0. The van der Waals surface area contributed by atoms with Crippen LogP contribution in [-0.4, -0.2) is 26.7 Å². The Kier molecular flexibility index (Phi) is 5.74. The van der Waals surface area contributed by atoms with Crippen LogP contribution in [-0.2, 0) is 0 Å². The van der Waals surface area contributed by atoms with E-state index in [4.69, 9.17) is 21.7 Å². The van der Waals surface area contributed by atoms with E-state index in [0.717, 1.165) is 28.0 Å². The second-order valence-corrected chi connectivity index (χ2v) is 8.30. The highest BCUT2D eigenvalue weighted by Crippen LogP contribution is 2.37. The Balaban J connectivity index is 1.84. The van der Waals surface area contributed by atoms with Crippen LogP contribution in [0, 0.1) is 20.8 Å². The summed E-state index contributed by atoms with van der Waals surface area (Å²) in [6, 6.07) is 14.3. The number of allylic oxidation sites excluding steroid dienone is 1. The van der Waals surface area contributed by atoms with E-state index in [2.05, 4.69) is 55.2 Å². The average Bonchev–Trinajstić information content (AvgIpc) is 3.22. The average molecular weight is 431 g/mol. The molecule has 4 rings (SSSR count). The molecule has 1 aromatic heterocycles. The Morgan fingerprint density at radius 3 is 2.65 bits per heavy atom. The second-order valence-electron chi connectivity index (χ2n) is 7.92. The van der Waals surface area contributed by atoms with Crippen LogP contribution in [0.3, 0.4) is 0 Å². The minimum atomic E-state index is -0.182. The lowest BCUT2D eigenvalue weighted by Crippen LogP contribution is -2.45. The summed E-state index contributed by atoms with van der Waals surface area (Å²) in [5, 5.41) is 8.40. The summed E-state index contributed by atoms with van der Waals surface area (Å²) in [5.41, 5.74) is 7.55. The van der Waals surface area contributed by atoms with Gasteiger partial charge < -0.3 is 14.7 Å². The van der Waals surface area contributed by atoms with Crippen LogP contribution in [0.5, 0.6) is 0 Å². The topological polar surface area (TPSA) is 54.2 Å². The lowest BCUT2D eigenvalue weighted by atomic mass is 9.92. The van der Waals surface area contributed by atoms with Crippen molar-refractivity contribution in [2.75, 3.05) is 6.54 Å². The molecule has 0 saturated carbocycles. The molecule has 2 aromatic carbocycles. The van der Waals surface area contributed by atoms with Gasteiger partial charge in [-0.05, 0) is 62.7 Å². The van der Waals surface area contributed by atoms with Gasteiger partial charge in [-0.3, -0.25) is 0 Å². The van der Waals surface area contributed by atoms with Crippen molar-refractivity contribution in [3.05, 3.63) is 89.0 Å². The first-order valence-corrected chi connectivity index (χ1v) is 10.7. The Morgan fingerprint density at radius 2 is 1.94 bits per heavy atom. The maximum absolute atomic E-state index is 5.78. The first kappa shape index (κ1) is 21.0. The molecule has 158 valence electrons. The zero-order chi connectivity index (χ0) is 22.1. The maximum atomic E-state index is 5.78. The molecule has 0 amide bonds. The molecule has 0 aliphatic carbocycles. The summed E-state index contributed by atoms with van der Waals surface area (Å²) < 4.78 is 5.78. The van der Waals surface area contributed by atoms with E-state index in [1.165, 1.54) is 11.1 Å². The summed E-state index contributed by atoms with van der Waals surface area (Å²) in [4.78, 5) is 6.77. The van der Waals surface area contributed by atoms with E-state index in [9.17, 15) is 0 Å². The highest BCUT2D eigenvalue weighted by molar-refractivity contribution is 7.80. The number of benzene rings is 2. The Labute approximate surface area is 188 Å². The van der Waals surface area contributed by atoms with Crippen molar-refractivity contribution in [1.82, 2.24) is 20.4 Å². The molecule has 1 unspecified atom stereocenters. The fraction of sp³-hybridized carbons (Fsp3) is 0.240. The molecule has 31 heavy (non-hydrogen) atoms. The zero-order valence-corrected chi connectivity index (χ0v) is 19.1. The highest BCUT2D eigenvalue weighted by atomic mass is 32.1. The number of hydrogen-bond acceptors (Lipinski definition) is 4. The molecule has 5 nitrogen and oxygen atoms in total. The van der Waals surface area contributed by atoms with Crippen LogP contribution in [0.25, 0.3) is 17.0 Å². The van der Waals surface area contributed by atoms with Crippen LogP contribution in [0.15, 0.2) is 65.3 Å². The van der Waals surface area contributed by atoms with Crippen molar-refractivity contribution in [3.63, 3.8) is 0 Å². The molecular weight excluding hydrogens is 404 g/mol. The largest absolute Gasteiger partial charge is 0.351 e. The molecule has 1 aliphatic heterocycles. The van der Waals surface area contributed by atoms with E-state index >= 15 is 0 Å². The van der Waals surface area contributed by atoms with Crippen LogP contribution < -0.4 is 5.32 Å². The van der Waals surface area contributed by atoms with Crippen LogP contribution in [0.4, 0.5) is 0 Å². The summed E-state index contributed by atoms with van der Waals surface area (Å²) in [6.45, 7) is 12.8. The standard InChI is InChI=1S/C25H26N4OS/c1-6-12-29-18(5)21(22(26-25(29)31)19-11-10-16(3)17(4)14-19)24-27-23(28-30-24)20-9-7-8-15(2)13-20/h6-11,13-14,22H,1,12H2,2-5H3,(H,26,31). The van der Waals surface area contributed by atoms with Crippen LogP contribution in [0.1, 0.15) is 41.1 Å². The van der Waals surface area contributed by atoms with Gasteiger partial charge in [0.15, 0.2) is 5.11 Å². The minimum Gasteiger partial charge on any atom is -0.351 e. The highest BCUT2D eigenvalue weighted by Gasteiger charge is 2.33. The van der Waals surface area contributed by atoms with Crippen molar-refractivity contribution >= 4 is 22.9 Å². The summed E-state index contributed by atoms with van der Waals surface area (Å²) in [5.74, 6) is 1.06. The quantitative estimate of drug-likeness (QED) is 0.425. The normalized spacial score (nSPS) is 16.5. The smallest absolute Gasteiger partial charge is 0.258 e. The van der Waals surface area contributed by atoms with E-state index in [1.54, 1.807) is 0 Å². The van der Waals surface area contributed by atoms with Crippen molar-refractivity contribution in [2.24, 2.45) is 0 Å². The molecule has 0 fully saturated rings. The molecule has 0 bridgehead atoms.